The second-order valence-corrected chi connectivity index (χ2v) is 5.15. The fourth-order valence-corrected chi connectivity index (χ4v) is 2.03. The van der Waals surface area contributed by atoms with Gasteiger partial charge in [-0.2, -0.15) is 0 Å². The van der Waals surface area contributed by atoms with Gasteiger partial charge in [-0.05, 0) is 27.9 Å². The lowest BCUT2D eigenvalue weighted by molar-refractivity contribution is 0.557. The van der Waals surface area contributed by atoms with Gasteiger partial charge in [0, 0.05) is 36.4 Å². The molecular formula is C12H20BrN3. The largest absolute Gasteiger partial charge is 0.359 e. The Labute approximate surface area is 106 Å². The number of anilines is 1. The lowest BCUT2D eigenvalue weighted by Gasteiger charge is -2.23. The highest BCUT2D eigenvalue weighted by Gasteiger charge is 2.11. The molecule has 0 radical (unpaired) electrons. The van der Waals surface area contributed by atoms with Crippen molar-refractivity contribution in [2.24, 2.45) is 11.7 Å². The van der Waals surface area contributed by atoms with Crippen molar-refractivity contribution in [3.8, 4) is 0 Å². The Morgan fingerprint density at radius 2 is 2.25 bits per heavy atom. The maximum Gasteiger partial charge on any atom is 0.132 e. The summed E-state index contributed by atoms with van der Waals surface area (Å²) in [6.07, 6.45) is 3.00. The quantitative estimate of drug-likeness (QED) is 0.905. The minimum atomic E-state index is 0.520. The molecule has 0 saturated carbocycles. The molecule has 1 heterocycles. The van der Waals surface area contributed by atoms with Crippen LogP contribution in [-0.4, -0.2) is 18.6 Å². The molecule has 1 aromatic heterocycles. The van der Waals surface area contributed by atoms with Gasteiger partial charge in [0.1, 0.15) is 5.82 Å². The van der Waals surface area contributed by atoms with Crippen LogP contribution >= 0.6 is 15.9 Å². The van der Waals surface area contributed by atoms with E-state index in [-0.39, 0.29) is 0 Å². The van der Waals surface area contributed by atoms with Crippen molar-refractivity contribution in [2.75, 3.05) is 18.5 Å². The molecule has 2 N–H and O–H groups in total. The Bertz CT molecular complexity index is 341. The second-order valence-electron chi connectivity index (χ2n) is 4.23. The van der Waals surface area contributed by atoms with Crippen molar-refractivity contribution in [1.82, 2.24) is 4.98 Å². The van der Waals surface area contributed by atoms with E-state index in [1.165, 1.54) is 6.42 Å². The fourth-order valence-electron chi connectivity index (χ4n) is 1.65. The van der Waals surface area contributed by atoms with Crippen molar-refractivity contribution in [3.63, 3.8) is 0 Å². The molecule has 0 aliphatic rings. The van der Waals surface area contributed by atoms with Gasteiger partial charge >= 0.3 is 0 Å². The van der Waals surface area contributed by atoms with Crippen LogP contribution in [0, 0.1) is 5.92 Å². The number of pyridine rings is 1. The van der Waals surface area contributed by atoms with Crippen molar-refractivity contribution in [3.05, 3.63) is 22.3 Å². The van der Waals surface area contributed by atoms with Crippen LogP contribution in [-0.2, 0) is 6.54 Å². The zero-order valence-electron chi connectivity index (χ0n) is 10.2. The third-order valence-corrected chi connectivity index (χ3v) is 3.21. The normalized spacial score (nSPS) is 12.6. The fraction of sp³-hybridized carbons (Fsp3) is 0.583. The molecular weight excluding hydrogens is 266 g/mol. The van der Waals surface area contributed by atoms with Gasteiger partial charge in [-0.25, -0.2) is 4.98 Å². The Hall–Kier alpha value is -0.610. The standard InChI is InChI=1S/C12H20BrN3/c1-4-9(2)8-16(3)12-10(6-14)5-11(13)7-15-12/h5,7,9H,4,6,8,14H2,1-3H3. The first-order valence-corrected chi connectivity index (χ1v) is 6.43. The van der Waals surface area contributed by atoms with Crippen LogP contribution in [0.1, 0.15) is 25.8 Å². The van der Waals surface area contributed by atoms with Crippen molar-refractivity contribution < 1.29 is 0 Å². The molecule has 0 bridgehead atoms. The first-order valence-electron chi connectivity index (χ1n) is 5.64. The van der Waals surface area contributed by atoms with Gasteiger partial charge in [0.05, 0.1) is 0 Å². The molecule has 0 fully saturated rings. The molecule has 3 nitrogen and oxygen atoms in total. The van der Waals surface area contributed by atoms with Crippen molar-refractivity contribution >= 4 is 21.7 Å². The van der Waals surface area contributed by atoms with E-state index in [9.17, 15) is 0 Å². The Morgan fingerprint density at radius 1 is 1.56 bits per heavy atom. The molecule has 0 aromatic carbocycles. The van der Waals surface area contributed by atoms with E-state index in [0.29, 0.717) is 12.5 Å². The molecule has 0 aliphatic carbocycles. The summed E-state index contributed by atoms with van der Waals surface area (Å²) < 4.78 is 0.980. The van der Waals surface area contributed by atoms with Crippen LogP contribution in [0.2, 0.25) is 0 Å². The lowest BCUT2D eigenvalue weighted by atomic mass is 10.1. The van der Waals surface area contributed by atoms with Gasteiger partial charge in [0.15, 0.2) is 0 Å². The first kappa shape index (κ1) is 13.5. The van der Waals surface area contributed by atoms with E-state index in [4.69, 9.17) is 5.73 Å². The predicted octanol–water partition coefficient (Wildman–Crippen LogP) is 2.79. The summed E-state index contributed by atoms with van der Waals surface area (Å²) in [4.78, 5) is 6.62. The zero-order valence-corrected chi connectivity index (χ0v) is 11.8. The molecule has 0 saturated heterocycles. The van der Waals surface area contributed by atoms with Crippen LogP contribution in [0.25, 0.3) is 0 Å². The average Bonchev–Trinajstić information content (AvgIpc) is 2.28. The summed E-state index contributed by atoms with van der Waals surface area (Å²) >= 11 is 3.41. The van der Waals surface area contributed by atoms with E-state index >= 15 is 0 Å². The number of nitrogens with zero attached hydrogens (tertiary/aromatic N) is 2. The number of halogens is 1. The molecule has 90 valence electrons. The maximum absolute atomic E-state index is 5.73. The summed E-state index contributed by atoms with van der Waals surface area (Å²) in [5.74, 6) is 1.66. The number of hydrogen-bond donors (Lipinski definition) is 1. The van der Waals surface area contributed by atoms with Gasteiger partial charge in [-0.1, -0.05) is 20.3 Å². The van der Waals surface area contributed by atoms with Crippen LogP contribution in [0.5, 0.6) is 0 Å². The number of nitrogens with two attached hydrogens (primary N) is 1. The Kier molecular flexibility index (Phi) is 5.22. The van der Waals surface area contributed by atoms with Gasteiger partial charge in [0.25, 0.3) is 0 Å². The van der Waals surface area contributed by atoms with Crippen LogP contribution in [0.4, 0.5) is 5.82 Å². The zero-order chi connectivity index (χ0) is 12.1. The van der Waals surface area contributed by atoms with Crippen molar-refractivity contribution in [2.45, 2.75) is 26.8 Å². The highest BCUT2D eigenvalue weighted by molar-refractivity contribution is 9.10. The van der Waals surface area contributed by atoms with E-state index in [2.05, 4.69) is 46.7 Å². The molecule has 1 unspecified atom stereocenters. The van der Waals surface area contributed by atoms with Gasteiger partial charge < -0.3 is 10.6 Å². The molecule has 0 aliphatic heterocycles. The summed E-state index contributed by atoms with van der Waals surface area (Å²) in [5, 5.41) is 0. The Balaban J connectivity index is 2.85. The van der Waals surface area contributed by atoms with Crippen LogP contribution in [0.15, 0.2) is 16.7 Å². The number of rotatable bonds is 5. The van der Waals surface area contributed by atoms with E-state index in [1.807, 2.05) is 12.3 Å². The van der Waals surface area contributed by atoms with Crippen molar-refractivity contribution in [1.29, 1.82) is 0 Å². The van der Waals surface area contributed by atoms with Gasteiger partial charge in [-0.15, -0.1) is 0 Å². The minimum Gasteiger partial charge on any atom is -0.359 e. The molecule has 1 aromatic rings. The summed E-state index contributed by atoms with van der Waals surface area (Å²) in [6, 6.07) is 2.04. The average molecular weight is 286 g/mol. The van der Waals surface area contributed by atoms with E-state index < -0.39 is 0 Å². The smallest absolute Gasteiger partial charge is 0.132 e. The lowest BCUT2D eigenvalue weighted by Crippen LogP contribution is -2.26. The van der Waals surface area contributed by atoms with E-state index in [1.54, 1.807) is 0 Å². The topological polar surface area (TPSA) is 42.2 Å². The Morgan fingerprint density at radius 3 is 2.81 bits per heavy atom. The first-order chi connectivity index (χ1) is 7.58. The second kappa shape index (κ2) is 6.21. The molecule has 1 atom stereocenters. The van der Waals surface area contributed by atoms with Gasteiger partial charge in [0.2, 0.25) is 0 Å². The predicted molar refractivity (Wildman–Crippen MR) is 72.6 cm³/mol. The van der Waals surface area contributed by atoms with Crippen LogP contribution in [0.3, 0.4) is 0 Å². The summed E-state index contributed by atoms with van der Waals surface area (Å²) in [6.45, 7) is 5.99. The molecule has 4 heteroatoms. The number of hydrogen-bond acceptors (Lipinski definition) is 3. The SMILES string of the molecule is CCC(C)CN(C)c1ncc(Br)cc1CN. The van der Waals surface area contributed by atoms with Crippen LogP contribution < -0.4 is 10.6 Å². The van der Waals surface area contributed by atoms with Gasteiger partial charge in [-0.3, -0.25) is 0 Å². The molecule has 1 rings (SSSR count). The highest BCUT2D eigenvalue weighted by atomic mass is 79.9. The molecule has 0 amide bonds. The summed E-state index contributed by atoms with van der Waals surface area (Å²) in [5.41, 5.74) is 6.82. The minimum absolute atomic E-state index is 0.520. The third kappa shape index (κ3) is 3.46. The monoisotopic (exact) mass is 285 g/mol. The molecule has 0 spiro atoms. The highest BCUT2D eigenvalue weighted by Crippen LogP contribution is 2.21. The van der Waals surface area contributed by atoms with E-state index in [0.717, 1.165) is 22.4 Å². The number of aromatic nitrogens is 1. The maximum atomic E-state index is 5.73. The molecule has 16 heavy (non-hydrogen) atoms. The third-order valence-electron chi connectivity index (χ3n) is 2.77. The summed E-state index contributed by atoms with van der Waals surface area (Å²) in [7, 11) is 2.07.